The molecular formula is C62H112O6. The van der Waals surface area contributed by atoms with Crippen LogP contribution in [0.4, 0.5) is 0 Å². The summed E-state index contributed by atoms with van der Waals surface area (Å²) in [5.41, 5.74) is 0. The molecule has 6 heteroatoms. The lowest BCUT2D eigenvalue weighted by molar-refractivity contribution is -0.167. The summed E-state index contributed by atoms with van der Waals surface area (Å²) in [6.07, 6.45) is 69.8. The molecule has 1 atom stereocenters. The second kappa shape index (κ2) is 57.0. The number of rotatable bonds is 54. The first-order valence-corrected chi connectivity index (χ1v) is 29.6. The van der Waals surface area contributed by atoms with Gasteiger partial charge in [0, 0.05) is 19.3 Å². The van der Waals surface area contributed by atoms with Crippen molar-refractivity contribution in [2.45, 2.75) is 316 Å². The van der Waals surface area contributed by atoms with E-state index in [9.17, 15) is 14.4 Å². The van der Waals surface area contributed by atoms with Crippen LogP contribution in [0.25, 0.3) is 0 Å². The van der Waals surface area contributed by atoms with Crippen LogP contribution in [0.1, 0.15) is 310 Å². The van der Waals surface area contributed by atoms with Crippen LogP contribution in [0, 0.1) is 0 Å². The van der Waals surface area contributed by atoms with Crippen molar-refractivity contribution in [1.82, 2.24) is 0 Å². The summed E-state index contributed by atoms with van der Waals surface area (Å²) < 4.78 is 16.8. The van der Waals surface area contributed by atoms with Gasteiger partial charge in [0.15, 0.2) is 6.10 Å². The first kappa shape index (κ1) is 65.4. The van der Waals surface area contributed by atoms with Crippen LogP contribution in [0.2, 0.25) is 0 Å². The van der Waals surface area contributed by atoms with E-state index in [0.717, 1.165) is 96.3 Å². The van der Waals surface area contributed by atoms with Crippen molar-refractivity contribution in [2.75, 3.05) is 13.2 Å². The molecule has 0 rings (SSSR count). The van der Waals surface area contributed by atoms with Crippen molar-refractivity contribution >= 4 is 17.9 Å². The molecule has 0 aliphatic carbocycles. The van der Waals surface area contributed by atoms with Gasteiger partial charge in [-0.3, -0.25) is 14.4 Å². The van der Waals surface area contributed by atoms with E-state index in [-0.39, 0.29) is 31.1 Å². The third-order valence-corrected chi connectivity index (χ3v) is 13.1. The number of carbonyl (C=O) groups is 3. The Hall–Kier alpha value is -2.63. The van der Waals surface area contributed by atoms with Crippen LogP contribution < -0.4 is 0 Å². The SMILES string of the molecule is CC/C=C\C/C=C\C/C=C\CCCCCCCC(=O)OC(COC(=O)CCCCCCCCCCCC)COC(=O)CCCCCCCCCCCCCCC/C=C\CCCCCCCCCC. The van der Waals surface area contributed by atoms with Crippen molar-refractivity contribution in [1.29, 1.82) is 0 Å². The molecule has 6 nitrogen and oxygen atoms in total. The molecule has 0 aliphatic heterocycles. The topological polar surface area (TPSA) is 78.9 Å². The first-order valence-electron chi connectivity index (χ1n) is 29.6. The highest BCUT2D eigenvalue weighted by molar-refractivity contribution is 5.71. The molecule has 0 aromatic carbocycles. The van der Waals surface area contributed by atoms with Crippen LogP contribution in [0.15, 0.2) is 48.6 Å². The summed E-state index contributed by atoms with van der Waals surface area (Å²) in [4.78, 5) is 38.1. The predicted molar refractivity (Wildman–Crippen MR) is 293 cm³/mol. The Morgan fingerprint density at radius 1 is 0.309 bits per heavy atom. The van der Waals surface area contributed by atoms with Gasteiger partial charge >= 0.3 is 17.9 Å². The Kier molecular flexibility index (Phi) is 54.8. The fraction of sp³-hybridized carbons (Fsp3) is 0.823. The van der Waals surface area contributed by atoms with E-state index in [0.29, 0.717) is 19.3 Å². The maximum atomic E-state index is 12.8. The Bertz CT molecular complexity index is 1190. The van der Waals surface area contributed by atoms with Crippen molar-refractivity contribution < 1.29 is 28.6 Å². The summed E-state index contributed by atoms with van der Waals surface area (Å²) in [5.74, 6) is -0.882. The number of carbonyl (C=O) groups excluding carboxylic acids is 3. The van der Waals surface area contributed by atoms with Gasteiger partial charge in [0.1, 0.15) is 13.2 Å². The van der Waals surface area contributed by atoms with Gasteiger partial charge in [-0.1, -0.05) is 262 Å². The average molecular weight is 954 g/mol. The lowest BCUT2D eigenvalue weighted by Crippen LogP contribution is -2.30. The molecule has 0 amide bonds. The third kappa shape index (κ3) is 54.3. The molecule has 0 spiro atoms. The predicted octanol–water partition coefficient (Wildman–Crippen LogP) is 19.8. The zero-order chi connectivity index (χ0) is 49.3. The number of esters is 3. The minimum Gasteiger partial charge on any atom is -0.462 e. The Morgan fingerprint density at radius 3 is 0.912 bits per heavy atom. The summed E-state index contributed by atoms with van der Waals surface area (Å²) in [7, 11) is 0. The van der Waals surface area contributed by atoms with E-state index in [1.807, 2.05) is 0 Å². The number of hydrogen-bond acceptors (Lipinski definition) is 6. The minimum absolute atomic E-state index is 0.0772. The van der Waals surface area contributed by atoms with E-state index in [2.05, 4.69) is 69.4 Å². The Balaban J connectivity index is 4.20. The second-order valence-electron chi connectivity index (χ2n) is 19.9. The standard InChI is InChI=1S/C62H112O6/c1-4-7-10-13-16-19-22-24-26-27-28-29-30-31-32-33-34-35-37-38-40-43-46-49-52-55-61(64)67-58-59(57-66-60(63)54-51-48-45-42-21-18-15-12-9-6-3)68-62(65)56-53-50-47-44-41-39-36-25-23-20-17-14-11-8-5-2/h8,11,17,20,25,27-28,36,59H,4-7,9-10,12-16,18-19,21-24,26,29-35,37-58H2,1-3H3/b11-8-,20-17-,28-27-,36-25-. The quantitative estimate of drug-likeness (QED) is 0.0262. The first-order chi connectivity index (χ1) is 33.5. The monoisotopic (exact) mass is 953 g/mol. The van der Waals surface area contributed by atoms with Gasteiger partial charge in [-0.15, -0.1) is 0 Å². The zero-order valence-electron chi connectivity index (χ0n) is 45.4. The van der Waals surface area contributed by atoms with Crippen LogP contribution in [0.3, 0.4) is 0 Å². The number of unbranched alkanes of at least 4 members (excludes halogenated alkanes) is 35. The molecule has 0 radical (unpaired) electrons. The second-order valence-corrected chi connectivity index (χ2v) is 19.9. The zero-order valence-corrected chi connectivity index (χ0v) is 45.4. The summed E-state index contributed by atoms with van der Waals surface area (Å²) in [5, 5.41) is 0. The fourth-order valence-electron chi connectivity index (χ4n) is 8.63. The molecule has 0 saturated heterocycles. The summed E-state index contributed by atoms with van der Waals surface area (Å²) in [6, 6.07) is 0. The van der Waals surface area contributed by atoms with Gasteiger partial charge < -0.3 is 14.2 Å². The van der Waals surface area contributed by atoms with Gasteiger partial charge in [0.25, 0.3) is 0 Å². The Labute approximate surface area is 422 Å². The van der Waals surface area contributed by atoms with Gasteiger partial charge in [0.2, 0.25) is 0 Å². The van der Waals surface area contributed by atoms with Crippen molar-refractivity contribution in [3.63, 3.8) is 0 Å². The molecule has 0 fully saturated rings. The van der Waals surface area contributed by atoms with Gasteiger partial charge in [-0.2, -0.15) is 0 Å². The van der Waals surface area contributed by atoms with Crippen LogP contribution in [0.5, 0.6) is 0 Å². The largest absolute Gasteiger partial charge is 0.462 e. The van der Waals surface area contributed by atoms with E-state index in [1.54, 1.807) is 0 Å². The third-order valence-electron chi connectivity index (χ3n) is 13.1. The minimum atomic E-state index is -0.779. The van der Waals surface area contributed by atoms with E-state index in [1.165, 1.54) is 173 Å². The van der Waals surface area contributed by atoms with Crippen molar-refractivity contribution in [3.05, 3.63) is 48.6 Å². The van der Waals surface area contributed by atoms with Crippen LogP contribution in [-0.4, -0.2) is 37.2 Å². The highest BCUT2D eigenvalue weighted by atomic mass is 16.6. The molecule has 396 valence electrons. The van der Waals surface area contributed by atoms with Crippen LogP contribution >= 0.6 is 0 Å². The Morgan fingerprint density at radius 2 is 0.574 bits per heavy atom. The number of hydrogen-bond donors (Lipinski definition) is 0. The molecule has 0 N–H and O–H groups in total. The molecule has 68 heavy (non-hydrogen) atoms. The highest BCUT2D eigenvalue weighted by Crippen LogP contribution is 2.16. The number of ether oxygens (including phenoxy) is 3. The van der Waals surface area contributed by atoms with Gasteiger partial charge in [0.05, 0.1) is 0 Å². The summed E-state index contributed by atoms with van der Waals surface area (Å²) >= 11 is 0. The van der Waals surface area contributed by atoms with Crippen molar-refractivity contribution in [3.8, 4) is 0 Å². The molecule has 0 heterocycles. The molecular weight excluding hydrogens is 841 g/mol. The lowest BCUT2D eigenvalue weighted by atomic mass is 10.0. The molecule has 0 saturated carbocycles. The molecule has 0 bridgehead atoms. The molecule has 0 aromatic heterocycles. The van der Waals surface area contributed by atoms with E-state index >= 15 is 0 Å². The van der Waals surface area contributed by atoms with Gasteiger partial charge in [-0.05, 0) is 77.0 Å². The van der Waals surface area contributed by atoms with Gasteiger partial charge in [-0.25, -0.2) is 0 Å². The summed E-state index contributed by atoms with van der Waals surface area (Å²) in [6.45, 7) is 6.53. The van der Waals surface area contributed by atoms with Crippen molar-refractivity contribution in [2.24, 2.45) is 0 Å². The fourth-order valence-corrected chi connectivity index (χ4v) is 8.63. The van der Waals surface area contributed by atoms with E-state index < -0.39 is 6.10 Å². The highest BCUT2D eigenvalue weighted by Gasteiger charge is 2.19. The van der Waals surface area contributed by atoms with Crippen LogP contribution in [-0.2, 0) is 28.6 Å². The molecule has 0 aromatic rings. The normalized spacial score (nSPS) is 12.3. The maximum Gasteiger partial charge on any atom is 0.306 e. The average Bonchev–Trinajstić information content (AvgIpc) is 3.34. The lowest BCUT2D eigenvalue weighted by Gasteiger charge is -2.18. The maximum absolute atomic E-state index is 12.8. The smallest absolute Gasteiger partial charge is 0.306 e. The molecule has 0 aliphatic rings. The molecule has 1 unspecified atom stereocenters. The van der Waals surface area contributed by atoms with E-state index in [4.69, 9.17) is 14.2 Å². The number of allylic oxidation sites excluding steroid dienone is 8.